The molecule has 3 amide bonds. The van der Waals surface area contributed by atoms with Crippen LogP contribution in [0.25, 0.3) is 0 Å². The van der Waals surface area contributed by atoms with Gasteiger partial charge in [0.15, 0.2) is 0 Å². The van der Waals surface area contributed by atoms with Gasteiger partial charge in [-0.05, 0) is 42.9 Å². The molecule has 0 aromatic heterocycles. The molecular formula is C31H48BrN3O5. The van der Waals surface area contributed by atoms with E-state index in [0.717, 1.165) is 29.3 Å². The number of carbonyl (C=O) groups is 4. The molecule has 1 fully saturated rings. The number of hydrogen-bond acceptors (Lipinski definition) is 5. The molecule has 1 aliphatic heterocycles. The molecule has 224 valence electrons. The van der Waals surface area contributed by atoms with E-state index >= 15 is 0 Å². The van der Waals surface area contributed by atoms with Crippen molar-refractivity contribution in [1.82, 2.24) is 16.0 Å². The Hall–Kier alpha value is -2.42. The van der Waals surface area contributed by atoms with Gasteiger partial charge in [-0.1, -0.05) is 101 Å². The van der Waals surface area contributed by atoms with Gasteiger partial charge in [-0.2, -0.15) is 0 Å². The van der Waals surface area contributed by atoms with Crippen molar-refractivity contribution in [3.05, 3.63) is 34.3 Å². The lowest BCUT2D eigenvalue weighted by Gasteiger charge is -2.29. The lowest BCUT2D eigenvalue weighted by molar-refractivity contribution is -0.158. The molecule has 0 spiro atoms. The molecule has 40 heavy (non-hydrogen) atoms. The van der Waals surface area contributed by atoms with Crippen molar-refractivity contribution in [3.63, 3.8) is 0 Å². The third-order valence-electron chi connectivity index (χ3n) is 7.82. The van der Waals surface area contributed by atoms with Gasteiger partial charge in [-0.15, -0.1) is 0 Å². The summed E-state index contributed by atoms with van der Waals surface area (Å²) in [4.78, 5) is 53.0. The largest absolute Gasteiger partial charge is 0.460 e. The second-order valence-corrected chi connectivity index (χ2v) is 12.2. The zero-order chi connectivity index (χ0) is 29.7. The molecule has 3 N–H and O–H groups in total. The molecular weight excluding hydrogens is 574 g/mol. The molecule has 1 saturated heterocycles. The molecule has 0 aliphatic carbocycles. The number of rotatable bonds is 12. The fourth-order valence-electron chi connectivity index (χ4n) is 4.84. The Morgan fingerprint density at radius 1 is 0.875 bits per heavy atom. The number of nitrogens with one attached hydrogen (secondary N) is 3. The second-order valence-electron chi connectivity index (χ2n) is 11.3. The summed E-state index contributed by atoms with van der Waals surface area (Å²) in [5.41, 5.74) is 0.862. The zero-order valence-electron chi connectivity index (χ0n) is 24.8. The van der Waals surface area contributed by atoms with Crippen LogP contribution in [0.2, 0.25) is 0 Å². The molecule has 6 atom stereocenters. The molecule has 1 aromatic rings. The van der Waals surface area contributed by atoms with Gasteiger partial charge in [0.1, 0.15) is 24.2 Å². The molecule has 0 unspecified atom stereocenters. The van der Waals surface area contributed by atoms with Crippen molar-refractivity contribution in [3.8, 4) is 0 Å². The van der Waals surface area contributed by atoms with E-state index < -0.39 is 42.0 Å². The normalized spacial score (nSPS) is 24.4. The minimum Gasteiger partial charge on any atom is -0.460 e. The average Bonchev–Trinajstić information content (AvgIpc) is 2.93. The van der Waals surface area contributed by atoms with Crippen LogP contribution in [0.15, 0.2) is 28.7 Å². The van der Waals surface area contributed by atoms with E-state index in [-0.39, 0.29) is 30.6 Å². The first-order valence-corrected chi connectivity index (χ1v) is 15.7. The first-order valence-electron chi connectivity index (χ1n) is 14.9. The number of halogens is 1. The number of cyclic esters (lactones) is 1. The van der Waals surface area contributed by atoms with Crippen LogP contribution in [-0.4, -0.2) is 47.9 Å². The summed E-state index contributed by atoms with van der Waals surface area (Å²) in [7, 11) is 0. The van der Waals surface area contributed by atoms with Gasteiger partial charge in [-0.3, -0.25) is 14.4 Å². The van der Waals surface area contributed by atoms with Crippen molar-refractivity contribution in [2.24, 2.45) is 11.8 Å². The summed E-state index contributed by atoms with van der Waals surface area (Å²) in [6.45, 7) is 9.57. The minimum absolute atomic E-state index is 0.0520. The van der Waals surface area contributed by atoms with Crippen molar-refractivity contribution in [2.45, 2.75) is 123 Å². The van der Waals surface area contributed by atoms with Crippen LogP contribution in [-0.2, 0) is 30.3 Å². The molecule has 0 bridgehead atoms. The quantitative estimate of drug-likeness (QED) is 0.219. The van der Waals surface area contributed by atoms with Gasteiger partial charge >= 0.3 is 5.97 Å². The van der Waals surface area contributed by atoms with Crippen molar-refractivity contribution >= 4 is 39.6 Å². The monoisotopic (exact) mass is 621 g/mol. The average molecular weight is 623 g/mol. The van der Waals surface area contributed by atoms with Gasteiger partial charge in [0.05, 0.1) is 6.42 Å². The van der Waals surface area contributed by atoms with Crippen LogP contribution in [0.3, 0.4) is 0 Å². The lowest BCUT2D eigenvalue weighted by Crippen LogP contribution is -2.55. The van der Waals surface area contributed by atoms with E-state index in [0.29, 0.717) is 6.42 Å². The van der Waals surface area contributed by atoms with E-state index in [9.17, 15) is 19.2 Å². The maximum atomic E-state index is 13.4. The van der Waals surface area contributed by atoms with Crippen LogP contribution >= 0.6 is 15.9 Å². The summed E-state index contributed by atoms with van der Waals surface area (Å²) < 4.78 is 6.89. The summed E-state index contributed by atoms with van der Waals surface area (Å²) >= 11 is 3.42. The topological polar surface area (TPSA) is 114 Å². The maximum Gasteiger partial charge on any atom is 0.329 e. The molecule has 9 heteroatoms. The Morgan fingerprint density at radius 3 is 2.17 bits per heavy atom. The van der Waals surface area contributed by atoms with Gasteiger partial charge in [0.25, 0.3) is 0 Å². The molecule has 0 saturated carbocycles. The summed E-state index contributed by atoms with van der Waals surface area (Å²) in [6, 6.07) is 4.84. The molecule has 8 nitrogen and oxygen atoms in total. The number of hydrogen-bond donors (Lipinski definition) is 3. The van der Waals surface area contributed by atoms with Crippen LogP contribution in [0.5, 0.6) is 0 Å². The molecule has 1 aromatic carbocycles. The SMILES string of the molecule is CCCCCCCC[C@H](C)[C@@H]1CC(=O)N[C@@H](Cc2ccc(Br)cc2)C(=O)N[C@@H](C)C(=O)N[C@H]([C@@H](C)CC)C(=O)O1. The third kappa shape index (κ3) is 11.2. The van der Waals surface area contributed by atoms with E-state index in [1.807, 2.05) is 45.0 Å². The Balaban J connectivity index is 2.29. The summed E-state index contributed by atoms with van der Waals surface area (Å²) in [5.74, 6) is -2.08. The summed E-state index contributed by atoms with van der Waals surface area (Å²) in [6.07, 6.45) is 7.88. The zero-order valence-corrected chi connectivity index (χ0v) is 26.3. The number of unbranched alkanes of at least 4 members (excludes halogenated alkanes) is 5. The molecule has 1 aliphatic rings. The van der Waals surface area contributed by atoms with Gasteiger partial charge in [0.2, 0.25) is 17.7 Å². The van der Waals surface area contributed by atoms with Gasteiger partial charge in [-0.25, -0.2) is 4.79 Å². The van der Waals surface area contributed by atoms with Gasteiger partial charge < -0.3 is 20.7 Å². The number of benzene rings is 1. The van der Waals surface area contributed by atoms with Crippen molar-refractivity contribution in [2.75, 3.05) is 0 Å². The lowest BCUT2D eigenvalue weighted by atomic mass is 9.93. The highest BCUT2D eigenvalue weighted by molar-refractivity contribution is 9.10. The highest BCUT2D eigenvalue weighted by atomic mass is 79.9. The number of esters is 1. The van der Waals surface area contributed by atoms with Crippen LogP contribution in [0.4, 0.5) is 0 Å². The van der Waals surface area contributed by atoms with Crippen molar-refractivity contribution in [1.29, 1.82) is 0 Å². The fraction of sp³-hybridized carbons (Fsp3) is 0.677. The van der Waals surface area contributed by atoms with E-state index in [1.54, 1.807) is 6.92 Å². The Labute approximate surface area is 248 Å². The van der Waals surface area contributed by atoms with Crippen LogP contribution in [0, 0.1) is 11.8 Å². The Morgan fingerprint density at radius 2 is 1.52 bits per heavy atom. The van der Waals surface area contributed by atoms with Crippen LogP contribution < -0.4 is 16.0 Å². The Kier molecular flexibility index (Phi) is 14.7. The number of carbonyl (C=O) groups excluding carboxylic acids is 4. The van der Waals surface area contributed by atoms with Gasteiger partial charge in [0, 0.05) is 10.9 Å². The second kappa shape index (κ2) is 17.4. The predicted molar refractivity (Wildman–Crippen MR) is 160 cm³/mol. The first kappa shape index (κ1) is 33.8. The van der Waals surface area contributed by atoms with E-state index in [2.05, 4.69) is 38.8 Å². The fourth-order valence-corrected chi connectivity index (χ4v) is 5.11. The third-order valence-corrected chi connectivity index (χ3v) is 8.35. The van der Waals surface area contributed by atoms with E-state index in [1.165, 1.54) is 25.7 Å². The smallest absolute Gasteiger partial charge is 0.329 e. The van der Waals surface area contributed by atoms with Crippen LogP contribution in [0.1, 0.15) is 98.0 Å². The van der Waals surface area contributed by atoms with Crippen molar-refractivity contribution < 1.29 is 23.9 Å². The number of ether oxygens (including phenoxy) is 1. The summed E-state index contributed by atoms with van der Waals surface area (Å²) in [5, 5.41) is 8.37. The van der Waals surface area contributed by atoms with E-state index in [4.69, 9.17) is 4.74 Å². The molecule has 0 radical (unpaired) electrons. The maximum absolute atomic E-state index is 13.4. The highest BCUT2D eigenvalue weighted by Gasteiger charge is 2.35. The predicted octanol–water partition coefficient (Wildman–Crippen LogP) is 5.21. The first-order chi connectivity index (χ1) is 19.0. The highest BCUT2D eigenvalue weighted by Crippen LogP contribution is 2.22. The Bertz CT molecular complexity index is 970. The minimum atomic E-state index is -0.903. The standard InChI is InChI=1S/C31H48BrN3O5/c1-6-8-9-10-11-12-13-21(4)26-19-27(36)34-25(18-23-14-16-24(32)17-15-23)30(38)33-22(5)29(37)35-28(20(3)7-2)31(39)40-26/h14-17,20-22,25-26,28H,6-13,18-19H2,1-5H3,(H,33,38)(H,34,36)(H,35,37)/t20-,21-,22-,25-,26-,28+/m0/s1. The molecule has 2 rings (SSSR count). The molecule has 1 heterocycles. The number of amides is 3.